The van der Waals surface area contributed by atoms with Crippen LogP contribution < -0.4 is 5.32 Å². The summed E-state index contributed by atoms with van der Waals surface area (Å²) in [6.07, 6.45) is 5.04. The fraction of sp³-hybridized carbons (Fsp3) is 0.750. The largest absolute Gasteiger partial charge is 0.391 e. The normalized spacial score (nSPS) is 17.4. The van der Waals surface area contributed by atoms with Gasteiger partial charge in [0.15, 0.2) is 0 Å². The molecule has 0 radical (unpaired) electrons. The highest BCUT2D eigenvalue weighted by Gasteiger charge is 2.24. The van der Waals surface area contributed by atoms with Crippen LogP contribution in [0.25, 0.3) is 0 Å². The average Bonchev–Trinajstić information content (AvgIpc) is 3.04. The second-order valence-corrected chi connectivity index (χ2v) is 7.53. The van der Waals surface area contributed by atoms with Crippen LogP contribution in [0.15, 0.2) is 0 Å². The van der Waals surface area contributed by atoms with Gasteiger partial charge in [-0.15, -0.1) is 11.3 Å². The minimum absolute atomic E-state index is 0.1000. The second-order valence-electron chi connectivity index (χ2n) is 6.44. The van der Waals surface area contributed by atoms with Crippen molar-refractivity contribution in [1.82, 2.24) is 10.3 Å². The van der Waals surface area contributed by atoms with Crippen LogP contribution >= 0.6 is 11.3 Å². The summed E-state index contributed by atoms with van der Waals surface area (Å²) in [5.74, 6) is 0.789. The molecule has 2 N–H and O–H groups in total. The topological polar surface area (TPSA) is 62.2 Å². The van der Waals surface area contributed by atoms with E-state index in [-0.39, 0.29) is 5.91 Å². The maximum atomic E-state index is 12.2. The molecule has 0 bridgehead atoms. The Balaban J connectivity index is 1.89. The van der Waals surface area contributed by atoms with Crippen LogP contribution in [0.3, 0.4) is 0 Å². The van der Waals surface area contributed by atoms with Crippen LogP contribution in [0.2, 0.25) is 0 Å². The number of hydrogen-bond donors (Lipinski definition) is 2. The third-order valence-electron chi connectivity index (χ3n) is 4.05. The molecule has 4 nitrogen and oxygen atoms in total. The summed E-state index contributed by atoms with van der Waals surface area (Å²) in [5, 5.41) is 14.0. The van der Waals surface area contributed by atoms with Gasteiger partial charge >= 0.3 is 0 Å². The number of aromatic nitrogens is 1. The van der Waals surface area contributed by atoms with E-state index in [1.54, 1.807) is 0 Å². The highest BCUT2D eigenvalue weighted by Crippen LogP contribution is 2.27. The van der Waals surface area contributed by atoms with Gasteiger partial charge in [0, 0.05) is 13.0 Å². The molecule has 118 valence electrons. The summed E-state index contributed by atoms with van der Waals surface area (Å²) in [6.45, 7) is 6.52. The lowest BCUT2D eigenvalue weighted by molar-refractivity contribution is 0.0843. The number of carbonyl (C=O) groups excluding carboxylic acids is 1. The first kappa shape index (κ1) is 16.4. The molecule has 1 heterocycles. The molecule has 0 saturated heterocycles. The molecule has 1 atom stereocenters. The van der Waals surface area contributed by atoms with Crippen LogP contribution in [-0.4, -0.2) is 28.6 Å². The summed E-state index contributed by atoms with van der Waals surface area (Å²) in [4.78, 5) is 17.4. The molecule has 1 fully saturated rings. The number of hydrogen-bond acceptors (Lipinski definition) is 4. The van der Waals surface area contributed by atoms with Gasteiger partial charge in [-0.25, -0.2) is 4.98 Å². The van der Waals surface area contributed by atoms with Crippen molar-refractivity contribution in [2.75, 3.05) is 6.54 Å². The zero-order valence-electron chi connectivity index (χ0n) is 13.2. The molecule has 1 unspecified atom stereocenters. The molecule has 21 heavy (non-hydrogen) atoms. The lowest BCUT2D eigenvalue weighted by Crippen LogP contribution is -2.35. The minimum atomic E-state index is -0.417. The molecule has 1 aromatic heterocycles. The highest BCUT2D eigenvalue weighted by molar-refractivity contribution is 7.13. The van der Waals surface area contributed by atoms with Gasteiger partial charge in [-0.2, -0.15) is 0 Å². The van der Waals surface area contributed by atoms with E-state index in [1.165, 1.54) is 24.2 Å². The smallest absolute Gasteiger partial charge is 0.263 e. The van der Waals surface area contributed by atoms with Crippen molar-refractivity contribution >= 4 is 17.2 Å². The van der Waals surface area contributed by atoms with Crippen LogP contribution in [0.4, 0.5) is 0 Å². The van der Waals surface area contributed by atoms with Crippen LogP contribution in [0, 0.1) is 18.8 Å². The van der Waals surface area contributed by atoms with Gasteiger partial charge < -0.3 is 10.4 Å². The van der Waals surface area contributed by atoms with Gasteiger partial charge in [0.25, 0.3) is 5.91 Å². The van der Waals surface area contributed by atoms with E-state index >= 15 is 0 Å². The fourth-order valence-corrected chi connectivity index (χ4v) is 4.08. The summed E-state index contributed by atoms with van der Waals surface area (Å²) < 4.78 is 0. The number of aliphatic hydroxyl groups is 1. The van der Waals surface area contributed by atoms with Gasteiger partial charge in [0.1, 0.15) is 4.88 Å². The van der Waals surface area contributed by atoms with Gasteiger partial charge in [0.05, 0.1) is 16.8 Å². The zero-order chi connectivity index (χ0) is 15.4. The van der Waals surface area contributed by atoms with Crippen LogP contribution in [0.5, 0.6) is 0 Å². The lowest BCUT2D eigenvalue weighted by Gasteiger charge is -2.17. The van der Waals surface area contributed by atoms with E-state index in [9.17, 15) is 9.90 Å². The standard InChI is InChI=1S/C16H26N2O2S/c1-10(2)8-14-18-11(3)15(21-14)16(20)17-9-13(19)12-6-4-5-7-12/h10,12-13,19H,4-9H2,1-3H3,(H,17,20). The third kappa shape index (κ3) is 4.51. The van der Waals surface area contributed by atoms with Crippen molar-refractivity contribution < 1.29 is 9.90 Å². The molecular formula is C16H26N2O2S. The molecule has 0 aromatic carbocycles. The number of aliphatic hydroxyl groups excluding tert-OH is 1. The maximum absolute atomic E-state index is 12.2. The third-order valence-corrected chi connectivity index (χ3v) is 5.22. The van der Waals surface area contributed by atoms with E-state index < -0.39 is 6.10 Å². The van der Waals surface area contributed by atoms with Crippen molar-refractivity contribution in [1.29, 1.82) is 0 Å². The number of rotatable bonds is 6. The number of nitrogens with zero attached hydrogens (tertiary/aromatic N) is 1. The Kier molecular flexibility index (Phi) is 5.76. The molecule has 1 aromatic rings. The van der Waals surface area contributed by atoms with E-state index in [2.05, 4.69) is 24.1 Å². The Morgan fingerprint density at radius 2 is 2.10 bits per heavy atom. The zero-order valence-corrected chi connectivity index (χ0v) is 14.0. The first-order valence-corrected chi connectivity index (χ1v) is 8.71. The number of aryl methyl sites for hydroxylation is 1. The molecule has 2 rings (SSSR count). The molecular weight excluding hydrogens is 284 g/mol. The molecule has 0 spiro atoms. The summed E-state index contributed by atoms with van der Waals surface area (Å²) in [7, 11) is 0. The van der Waals surface area contributed by atoms with E-state index in [1.807, 2.05) is 6.92 Å². The number of amides is 1. The summed E-state index contributed by atoms with van der Waals surface area (Å²) in [5.41, 5.74) is 0.795. The van der Waals surface area contributed by atoms with Crippen molar-refractivity contribution in [2.45, 2.75) is 59.0 Å². The van der Waals surface area contributed by atoms with Crippen molar-refractivity contribution in [3.8, 4) is 0 Å². The van der Waals surface area contributed by atoms with E-state index in [0.29, 0.717) is 23.3 Å². The van der Waals surface area contributed by atoms with Crippen molar-refractivity contribution in [2.24, 2.45) is 11.8 Å². The Morgan fingerprint density at radius 1 is 1.43 bits per heavy atom. The molecule has 1 aliphatic rings. The summed E-state index contributed by atoms with van der Waals surface area (Å²) >= 11 is 1.48. The maximum Gasteiger partial charge on any atom is 0.263 e. The SMILES string of the molecule is Cc1nc(CC(C)C)sc1C(=O)NCC(O)C1CCCC1. The molecule has 1 saturated carbocycles. The monoisotopic (exact) mass is 310 g/mol. The Morgan fingerprint density at radius 3 is 2.71 bits per heavy atom. The molecule has 1 amide bonds. The highest BCUT2D eigenvalue weighted by atomic mass is 32.1. The van der Waals surface area contributed by atoms with Crippen molar-refractivity contribution in [3.05, 3.63) is 15.6 Å². The van der Waals surface area contributed by atoms with E-state index in [4.69, 9.17) is 0 Å². The Hall–Kier alpha value is -0.940. The molecule has 0 aliphatic heterocycles. The Bertz CT molecular complexity index is 479. The quantitative estimate of drug-likeness (QED) is 0.849. The average molecular weight is 310 g/mol. The van der Waals surface area contributed by atoms with Gasteiger partial charge in [-0.3, -0.25) is 4.79 Å². The second kappa shape index (κ2) is 7.36. The molecule has 5 heteroatoms. The number of thiazole rings is 1. The summed E-state index contributed by atoms with van der Waals surface area (Å²) in [6, 6.07) is 0. The predicted molar refractivity (Wildman–Crippen MR) is 85.7 cm³/mol. The number of nitrogens with one attached hydrogen (secondary N) is 1. The first-order valence-electron chi connectivity index (χ1n) is 7.90. The fourth-order valence-electron chi connectivity index (χ4n) is 2.89. The van der Waals surface area contributed by atoms with Crippen LogP contribution in [0.1, 0.15) is 59.9 Å². The first-order chi connectivity index (χ1) is 9.97. The van der Waals surface area contributed by atoms with Gasteiger partial charge in [-0.05, 0) is 31.6 Å². The van der Waals surface area contributed by atoms with Gasteiger partial charge in [0.2, 0.25) is 0 Å². The lowest BCUT2D eigenvalue weighted by atomic mass is 10.0. The molecule has 1 aliphatic carbocycles. The minimum Gasteiger partial charge on any atom is -0.391 e. The Labute approximate surface area is 131 Å². The number of carbonyl (C=O) groups is 1. The van der Waals surface area contributed by atoms with Crippen LogP contribution in [-0.2, 0) is 6.42 Å². The van der Waals surface area contributed by atoms with Crippen molar-refractivity contribution in [3.63, 3.8) is 0 Å². The van der Waals surface area contributed by atoms with E-state index in [0.717, 1.165) is 30.0 Å². The predicted octanol–water partition coefficient (Wildman–Crippen LogP) is 2.93. The van der Waals surface area contributed by atoms with Gasteiger partial charge in [-0.1, -0.05) is 26.7 Å².